The van der Waals surface area contributed by atoms with Crippen LogP contribution in [0.25, 0.3) is 10.2 Å². The average molecular weight is 413 g/mol. The highest BCUT2D eigenvalue weighted by molar-refractivity contribution is 7.22. The van der Waals surface area contributed by atoms with E-state index in [0.717, 1.165) is 38.2 Å². The zero-order valence-corrected chi connectivity index (χ0v) is 18.0. The number of thiophene rings is 1. The summed E-state index contributed by atoms with van der Waals surface area (Å²) < 4.78 is 1.29. The quantitative estimate of drug-likeness (QED) is 0.607. The Balaban J connectivity index is 1.18. The van der Waals surface area contributed by atoms with E-state index >= 15 is 0 Å². The van der Waals surface area contributed by atoms with Gasteiger partial charge in [-0.3, -0.25) is 9.80 Å². The normalized spacial score (nSPS) is 19.5. The zero-order chi connectivity index (χ0) is 18.8. The lowest BCUT2D eigenvalue weighted by molar-refractivity contribution is 0.287. The molecule has 1 aromatic carbocycles. The van der Waals surface area contributed by atoms with E-state index in [1.807, 2.05) is 22.7 Å². The van der Waals surface area contributed by atoms with Crippen molar-refractivity contribution in [1.82, 2.24) is 14.8 Å². The van der Waals surface area contributed by atoms with Gasteiger partial charge in [0.05, 0.1) is 10.2 Å². The van der Waals surface area contributed by atoms with Gasteiger partial charge in [-0.05, 0) is 61.5 Å². The molecule has 0 atom stereocenters. The minimum atomic E-state index is 1.08. The van der Waals surface area contributed by atoms with E-state index in [0.29, 0.717) is 0 Å². The summed E-state index contributed by atoms with van der Waals surface area (Å²) in [5.74, 6) is 0. The molecule has 3 aromatic rings. The van der Waals surface area contributed by atoms with Gasteiger partial charge in [-0.2, -0.15) is 0 Å². The molecular formula is C22H28N4S2. The number of aromatic nitrogens is 1. The Morgan fingerprint density at radius 2 is 1.68 bits per heavy atom. The molecule has 4 heterocycles. The predicted octanol–water partition coefficient (Wildman–Crippen LogP) is 4.67. The van der Waals surface area contributed by atoms with Crippen molar-refractivity contribution in [3.63, 3.8) is 0 Å². The highest BCUT2D eigenvalue weighted by Crippen LogP contribution is 2.29. The molecule has 0 amide bonds. The number of thiazole rings is 1. The lowest BCUT2D eigenvalue weighted by atomic mass is 10.2. The molecule has 28 heavy (non-hydrogen) atoms. The zero-order valence-electron chi connectivity index (χ0n) is 16.3. The molecule has 2 fully saturated rings. The van der Waals surface area contributed by atoms with Crippen LogP contribution in [0.5, 0.6) is 0 Å². The highest BCUT2D eigenvalue weighted by Gasteiger charge is 2.19. The fourth-order valence-electron chi connectivity index (χ4n) is 4.33. The van der Waals surface area contributed by atoms with Crippen molar-refractivity contribution < 1.29 is 0 Å². The molecule has 2 saturated heterocycles. The Kier molecular flexibility index (Phi) is 5.63. The lowest BCUT2D eigenvalue weighted by Crippen LogP contribution is -2.30. The summed E-state index contributed by atoms with van der Waals surface area (Å²) in [5.41, 5.74) is 2.64. The SMILES string of the molecule is c1ccc2sc(N3CCCN(Cc4cc(CN5CCCC5)cs4)CC3)nc2c1. The van der Waals surface area contributed by atoms with Crippen LogP contribution in [0.3, 0.4) is 0 Å². The summed E-state index contributed by atoms with van der Waals surface area (Å²) in [4.78, 5) is 14.1. The van der Waals surface area contributed by atoms with E-state index in [1.165, 1.54) is 59.2 Å². The summed E-state index contributed by atoms with van der Waals surface area (Å²) in [6, 6.07) is 10.9. The van der Waals surface area contributed by atoms with Gasteiger partial charge in [-0.15, -0.1) is 11.3 Å². The third-order valence-corrected chi connectivity index (χ3v) is 7.90. The predicted molar refractivity (Wildman–Crippen MR) is 121 cm³/mol. The van der Waals surface area contributed by atoms with E-state index < -0.39 is 0 Å². The van der Waals surface area contributed by atoms with Crippen molar-refractivity contribution in [2.24, 2.45) is 0 Å². The lowest BCUT2D eigenvalue weighted by Gasteiger charge is -2.21. The number of anilines is 1. The third kappa shape index (κ3) is 4.25. The van der Waals surface area contributed by atoms with E-state index in [9.17, 15) is 0 Å². The highest BCUT2D eigenvalue weighted by atomic mass is 32.1. The van der Waals surface area contributed by atoms with E-state index in [4.69, 9.17) is 4.98 Å². The number of fused-ring (bicyclic) bond motifs is 1. The molecule has 6 heteroatoms. The first kappa shape index (κ1) is 18.6. The third-order valence-electron chi connectivity index (χ3n) is 5.83. The maximum atomic E-state index is 4.86. The van der Waals surface area contributed by atoms with Crippen LogP contribution in [0, 0.1) is 0 Å². The van der Waals surface area contributed by atoms with Gasteiger partial charge in [0.15, 0.2) is 5.13 Å². The molecule has 2 aliphatic rings. The van der Waals surface area contributed by atoms with Crippen molar-refractivity contribution in [2.75, 3.05) is 44.2 Å². The van der Waals surface area contributed by atoms with Crippen LogP contribution in [-0.2, 0) is 13.1 Å². The second-order valence-corrected chi connectivity index (χ2v) is 9.99. The maximum Gasteiger partial charge on any atom is 0.186 e. The summed E-state index contributed by atoms with van der Waals surface area (Å²) in [7, 11) is 0. The first-order chi connectivity index (χ1) is 13.8. The monoisotopic (exact) mass is 412 g/mol. The average Bonchev–Trinajstić information content (AvgIpc) is 3.42. The first-order valence-electron chi connectivity index (χ1n) is 10.4. The smallest absolute Gasteiger partial charge is 0.186 e. The molecule has 0 aliphatic carbocycles. The standard InChI is InChI=1S/C22H28N4S2/c1-2-7-21-20(6-1)23-22(28-21)26-11-5-10-25(12-13-26)16-19-14-18(17-27-19)15-24-8-3-4-9-24/h1-2,6-7,14,17H,3-5,8-13,15-16H2. The van der Waals surface area contributed by atoms with Crippen LogP contribution < -0.4 is 4.90 Å². The van der Waals surface area contributed by atoms with E-state index in [-0.39, 0.29) is 0 Å². The molecule has 0 N–H and O–H groups in total. The molecule has 148 valence electrons. The number of likely N-dealkylation sites (tertiary alicyclic amines) is 1. The molecular weight excluding hydrogens is 384 g/mol. The van der Waals surface area contributed by atoms with Crippen LogP contribution in [0.1, 0.15) is 29.7 Å². The van der Waals surface area contributed by atoms with Gasteiger partial charge in [0.1, 0.15) is 0 Å². The van der Waals surface area contributed by atoms with Crippen LogP contribution in [-0.4, -0.2) is 54.1 Å². The van der Waals surface area contributed by atoms with E-state index in [2.05, 4.69) is 50.4 Å². The molecule has 5 rings (SSSR count). The Hall–Kier alpha value is -1.47. The second kappa shape index (κ2) is 8.49. The van der Waals surface area contributed by atoms with Crippen LogP contribution in [0.4, 0.5) is 5.13 Å². The van der Waals surface area contributed by atoms with Crippen LogP contribution in [0.15, 0.2) is 35.7 Å². The summed E-state index contributed by atoms with van der Waals surface area (Å²) in [5, 5.41) is 3.56. The van der Waals surface area contributed by atoms with Crippen LogP contribution >= 0.6 is 22.7 Å². The van der Waals surface area contributed by atoms with Crippen molar-refractivity contribution in [1.29, 1.82) is 0 Å². The van der Waals surface area contributed by atoms with Crippen molar-refractivity contribution in [2.45, 2.75) is 32.4 Å². The number of benzene rings is 1. The minimum absolute atomic E-state index is 1.08. The molecule has 0 spiro atoms. The number of para-hydroxylation sites is 1. The van der Waals surface area contributed by atoms with Gasteiger partial charge in [0.25, 0.3) is 0 Å². The largest absolute Gasteiger partial charge is 0.347 e. The van der Waals surface area contributed by atoms with Crippen molar-refractivity contribution >= 4 is 38.0 Å². The molecule has 0 saturated carbocycles. The van der Waals surface area contributed by atoms with Crippen molar-refractivity contribution in [3.05, 3.63) is 46.2 Å². The van der Waals surface area contributed by atoms with Gasteiger partial charge in [0, 0.05) is 44.1 Å². The number of rotatable bonds is 5. The number of hydrogen-bond donors (Lipinski definition) is 0. The molecule has 0 radical (unpaired) electrons. The van der Waals surface area contributed by atoms with Crippen LogP contribution in [0.2, 0.25) is 0 Å². The molecule has 0 bridgehead atoms. The van der Waals surface area contributed by atoms with Gasteiger partial charge in [-0.25, -0.2) is 4.98 Å². The summed E-state index contributed by atoms with van der Waals surface area (Å²) >= 11 is 3.77. The molecule has 0 unspecified atom stereocenters. The molecule has 2 aliphatic heterocycles. The number of nitrogens with zero attached hydrogens (tertiary/aromatic N) is 4. The topological polar surface area (TPSA) is 22.6 Å². The van der Waals surface area contributed by atoms with Gasteiger partial charge >= 0.3 is 0 Å². The second-order valence-electron chi connectivity index (χ2n) is 7.99. The Morgan fingerprint density at radius 3 is 2.57 bits per heavy atom. The Bertz CT molecular complexity index is 879. The Labute approximate surface area is 175 Å². The molecule has 4 nitrogen and oxygen atoms in total. The van der Waals surface area contributed by atoms with Gasteiger partial charge in [-0.1, -0.05) is 23.5 Å². The van der Waals surface area contributed by atoms with Gasteiger partial charge < -0.3 is 4.90 Å². The minimum Gasteiger partial charge on any atom is -0.347 e. The van der Waals surface area contributed by atoms with Gasteiger partial charge in [0.2, 0.25) is 0 Å². The Morgan fingerprint density at radius 1 is 0.857 bits per heavy atom. The molecule has 2 aromatic heterocycles. The van der Waals surface area contributed by atoms with Crippen molar-refractivity contribution in [3.8, 4) is 0 Å². The van der Waals surface area contributed by atoms with E-state index in [1.54, 1.807) is 0 Å². The summed E-state index contributed by atoms with van der Waals surface area (Å²) in [6.07, 6.45) is 3.95. The summed E-state index contributed by atoms with van der Waals surface area (Å²) in [6.45, 7) is 9.28. The number of hydrogen-bond acceptors (Lipinski definition) is 6. The fourth-order valence-corrected chi connectivity index (χ4v) is 6.27. The fraction of sp³-hybridized carbons (Fsp3) is 0.500. The first-order valence-corrected chi connectivity index (χ1v) is 12.1. The maximum absolute atomic E-state index is 4.86.